The molecule has 8 nitrogen and oxygen atoms in total. The molecule has 0 spiro atoms. The second-order valence-corrected chi connectivity index (χ2v) is 9.22. The van der Waals surface area contributed by atoms with E-state index in [-0.39, 0.29) is 12.5 Å². The quantitative estimate of drug-likeness (QED) is 0.0677. The highest BCUT2D eigenvalue weighted by molar-refractivity contribution is 7.80. The van der Waals surface area contributed by atoms with Gasteiger partial charge in [-0.15, -0.1) is 0 Å². The van der Waals surface area contributed by atoms with E-state index in [9.17, 15) is 13.5 Å². The number of unbranched alkanes of at least 4 members (excludes halogenated alkanes) is 11. The van der Waals surface area contributed by atoms with Crippen molar-refractivity contribution in [3.63, 3.8) is 0 Å². The molecule has 0 unspecified atom stereocenters. The first-order chi connectivity index (χ1) is 15.9. The zero-order valence-corrected chi connectivity index (χ0v) is 21.8. The highest BCUT2D eigenvalue weighted by atomic mass is 32.3. The van der Waals surface area contributed by atoms with E-state index < -0.39 is 10.4 Å². The Kier molecular flexibility index (Phi) is 28.2. The van der Waals surface area contributed by atoms with Gasteiger partial charge >= 0.3 is 10.4 Å². The van der Waals surface area contributed by atoms with Crippen LogP contribution in [0.4, 0.5) is 0 Å². The number of aliphatic hydroxyl groups excluding tert-OH is 1. The normalized spacial score (nSPS) is 12.2. The van der Waals surface area contributed by atoms with E-state index >= 15 is 0 Å². The number of nitrogens with zero attached hydrogens (tertiary/aromatic N) is 1. The van der Waals surface area contributed by atoms with E-state index in [4.69, 9.17) is 9.66 Å². The van der Waals surface area contributed by atoms with Gasteiger partial charge in [-0.3, -0.25) is 8.74 Å². The van der Waals surface area contributed by atoms with Crippen molar-refractivity contribution in [2.75, 3.05) is 33.4 Å². The van der Waals surface area contributed by atoms with Gasteiger partial charge in [-0.2, -0.15) is 8.42 Å². The van der Waals surface area contributed by atoms with Gasteiger partial charge in [-0.25, -0.2) is 0 Å². The lowest BCUT2D eigenvalue weighted by molar-refractivity contribution is -0.219. The number of aliphatic hydroxyl groups is 1. The zero-order chi connectivity index (χ0) is 25.0. The Labute approximate surface area is 202 Å². The number of aliphatic imine (C=N–C) groups is 1. The average Bonchev–Trinajstić information content (AvgIpc) is 2.78. The first-order valence-corrected chi connectivity index (χ1v) is 13.9. The number of hydrogen-bond acceptors (Lipinski definition) is 7. The molecule has 0 aliphatic heterocycles. The molecule has 9 heteroatoms. The lowest BCUT2D eigenvalue weighted by atomic mass is 10.1. The summed E-state index contributed by atoms with van der Waals surface area (Å²) in [6.07, 6.45) is 22.6. The molecule has 0 saturated heterocycles. The smallest absolute Gasteiger partial charge is 0.397 e. The van der Waals surface area contributed by atoms with Crippen molar-refractivity contribution in [2.45, 2.75) is 103 Å². The van der Waals surface area contributed by atoms with E-state index in [0.29, 0.717) is 13.0 Å². The summed E-state index contributed by atoms with van der Waals surface area (Å²) >= 11 is 0. The standard InChI is InChI=1S/C23H46N2O2.CH4O4S/c1-2-3-4-5-6-7-8-9-10-11-12-13-14-15-16-18-23(27)25-21-20-24-19-17-22-26;1-5-6(2,3)4/h9-10,24,26H,2-8,11-22H2,1H3,(H,25,27);1H3,(H,2,3,4)/p-1/b10-9-;. The highest BCUT2D eigenvalue weighted by Crippen LogP contribution is 2.09. The van der Waals surface area contributed by atoms with Crippen LogP contribution in [0.1, 0.15) is 103 Å². The summed E-state index contributed by atoms with van der Waals surface area (Å²) in [5.74, 6) is 0.0385. The fourth-order valence-electron chi connectivity index (χ4n) is 3.01. The fraction of sp³-hybridized carbons (Fsp3) is 0.875. The lowest BCUT2D eigenvalue weighted by Gasteiger charge is -2.10. The van der Waals surface area contributed by atoms with Gasteiger partial charge in [0.05, 0.1) is 13.7 Å². The molecule has 0 aromatic heterocycles. The molecular formula is C24H49N2O6S-. The van der Waals surface area contributed by atoms with Crippen LogP contribution in [-0.2, 0) is 14.6 Å². The number of nitrogens with one attached hydrogen (secondary N) is 1. The van der Waals surface area contributed by atoms with Gasteiger partial charge < -0.3 is 20.5 Å². The third-order valence-electron chi connectivity index (χ3n) is 4.95. The van der Waals surface area contributed by atoms with Crippen LogP contribution in [0.3, 0.4) is 0 Å². The molecule has 0 aliphatic rings. The van der Waals surface area contributed by atoms with Crippen molar-refractivity contribution < 1.29 is 27.4 Å². The van der Waals surface area contributed by atoms with Gasteiger partial charge in [0.1, 0.15) is 0 Å². The van der Waals surface area contributed by atoms with Crippen LogP contribution in [0, 0.1) is 0 Å². The van der Waals surface area contributed by atoms with Crippen LogP contribution >= 0.6 is 0 Å². The van der Waals surface area contributed by atoms with E-state index in [0.717, 1.165) is 39.5 Å². The Bertz CT molecular complexity index is 553. The Morgan fingerprint density at radius 1 is 0.909 bits per heavy atom. The van der Waals surface area contributed by atoms with Crippen LogP contribution < -0.4 is 10.4 Å². The Morgan fingerprint density at radius 2 is 1.42 bits per heavy atom. The van der Waals surface area contributed by atoms with Crippen LogP contribution in [-0.4, -0.2) is 57.3 Å². The Balaban J connectivity index is 0. The second-order valence-electron chi connectivity index (χ2n) is 8.03. The fourth-order valence-corrected chi connectivity index (χ4v) is 3.01. The molecule has 0 radical (unpaired) electrons. The maximum Gasteiger partial charge on any atom is 0.397 e. The molecule has 0 heterocycles. The summed E-state index contributed by atoms with van der Waals surface area (Å²) in [7, 11) is -3.29. The number of allylic oxidation sites excluding steroid dienone is 2. The molecule has 3 N–H and O–H groups in total. The van der Waals surface area contributed by atoms with E-state index in [1.807, 2.05) is 0 Å². The van der Waals surface area contributed by atoms with Gasteiger partial charge in [0, 0.05) is 13.2 Å². The minimum Gasteiger partial charge on any atom is -0.862 e. The maximum absolute atomic E-state index is 11.6. The van der Waals surface area contributed by atoms with Crippen LogP contribution in [0.25, 0.3) is 0 Å². The largest absolute Gasteiger partial charge is 0.862 e. The van der Waals surface area contributed by atoms with Crippen molar-refractivity contribution in [1.82, 2.24) is 5.32 Å². The van der Waals surface area contributed by atoms with E-state index in [2.05, 4.69) is 33.6 Å². The Morgan fingerprint density at radius 3 is 1.94 bits per heavy atom. The first kappa shape index (κ1) is 34.2. The van der Waals surface area contributed by atoms with Crippen molar-refractivity contribution in [3.05, 3.63) is 12.2 Å². The monoisotopic (exact) mass is 493 g/mol. The molecule has 0 fully saturated rings. The molecule has 0 aromatic carbocycles. The summed E-state index contributed by atoms with van der Waals surface area (Å²) in [6, 6.07) is 0. The van der Waals surface area contributed by atoms with Gasteiger partial charge in [0.25, 0.3) is 0 Å². The maximum atomic E-state index is 11.6. The van der Waals surface area contributed by atoms with Crippen molar-refractivity contribution in [2.24, 2.45) is 4.99 Å². The van der Waals surface area contributed by atoms with Crippen molar-refractivity contribution in [1.29, 1.82) is 0 Å². The lowest BCUT2D eigenvalue weighted by Crippen LogP contribution is -2.23. The molecular weight excluding hydrogens is 444 g/mol. The van der Waals surface area contributed by atoms with E-state index in [1.165, 1.54) is 70.6 Å². The minimum absolute atomic E-state index is 0.0385. The Hall–Kier alpha value is -1.00. The molecule has 0 atom stereocenters. The topological polar surface area (TPSA) is 131 Å². The van der Waals surface area contributed by atoms with Crippen molar-refractivity contribution >= 4 is 16.3 Å². The van der Waals surface area contributed by atoms with Crippen LogP contribution in [0.15, 0.2) is 17.1 Å². The van der Waals surface area contributed by atoms with Crippen LogP contribution in [0.2, 0.25) is 0 Å². The third kappa shape index (κ3) is 35.8. The molecule has 0 amide bonds. The molecule has 0 rings (SSSR count). The number of hydrogen-bond donors (Lipinski definition) is 3. The summed E-state index contributed by atoms with van der Waals surface area (Å²) in [5, 5.41) is 23.4. The van der Waals surface area contributed by atoms with E-state index in [1.54, 1.807) is 0 Å². The number of rotatable bonds is 22. The van der Waals surface area contributed by atoms with Crippen molar-refractivity contribution in [3.8, 4) is 0 Å². The first-order valence-electron chi connectivity index (χ1n) is 12.6. The summed E-state index contributed by atoms with van der Waals surface area (Å²) < 4.78 is 29.7. The van der Waals surface area contributed by atoms with Gasteiger partial charge in [0.15, 0.2) is 0 Å². The summed E-state index contributed by atoms with van der Waals surface area (Å²) in [4.78, 5) is 4.05. The SMILES string of the molecule is CCCCCCCC/C=C\CCCCCCCC([O-])=NCCNCCCO.COS(=O)(=O)O. The van der Waals surface area contributed by atoms with Gasteiger partial charge in [-0.1, -0.05) is 70.4 Å². The molecule has 198 valence electrons. The summed E-state index contributed by atoms with van der Waals surface area (Å²) in [6.45, 7) is 4.53. The minimum atomic E-state index is -4.16. The molecule has 0 saturated carbocycles. The van der Waals surface area contributed by atoms with Gasteiger partial charge in [0.2, 0.25) is 0 Å². The second kappa shape index (κ2) is 27.2. The third-order valence-corrected chi connectivity index (χ3v) is 5.37. The molecule has 0 aromatic rings. The molecule has 0 aliphatic carbocycles. The predicted molar refractivity (Wildman–Crippen MR) is 135 cm³/mol. The summed E-state index contributed by atoms with van der Waals surface area (Å²) in [5.41, 5.74) is 0. The molecule has 33 heavy (non-hydrogen) atoms. The van der Waals surface area contributed by atoms with Gasteiger partial charge in [-0.05, 0) is 57.4 Å². The average molecular weight is 494 g/mol. The van der Waals surface area contributed by atoms with Crippen LogP contribution in [0.5, 0.6) is 0 Å². The highest BCUT2D eigenvalue weighted by Gasteiger charge is 1.94. The zero-order valence-electron chi connectivity index (χ0n) is 21.0. The predicted octanol–water partition coefficient (Wildman–Crippen LogP) is 4.19. The molecule has 0 bridgehead atoms.